The second-order valence-corrected chi connectivity index (χ2v) is 7.28. The molecule has 0 aliphatic carbocycles. The Kier molecular flexibility index (Phi) is 10.6. The summed E-state index contributed by atoms with van der Waals surface area (Å²) in [5, 5.41) is 3.04. The molecule has 0 unspecified atom stereocenters. The van der Waals surface area contributed by atoms with Gasteiger partial charge in [-0.2, -0.15) is 0 Å². The van der Waals surface area contributed by atoms with Crippen LogP contribution in [0.2, 0.25) is 0 Å². The molecule has 0 radical (unpaired) electrons. The molecule has 0 heterocycles. The Hall–Kier alpha value is -2.53. The fraction of sp³-hybridized carbons (Fsp3) is 0.423. The van der Waals surface area contributed by atoms with Gasteiger partial charge in [-0.15, -0.1) is 0 Å². The molecule has 0 aliphatic rings. The normalized spacial score (nSPS) is 10.2. The molecule has 2 aromatic rings. The van der Waals surface area contributed by atoms with Crippen molar-refractivity contribution in [1.29, 1.82) is 0 Å². The molecular formula is C26H33NO. The molecule has 0 saturated carbocycles. The average Bonchev–Trinajstić information content (AvgIpc) is 2.73. The first-order valence-corrected chi connectivity index (χ1v) is 10.7. The van der Waals surface area contributed by atoms with Gasteiger partial charge in [-0.05, 0) is 48.9 Å². The maximum absolute atomic E-state index is 12.1. The van der Waals surface area contributed by atoms with Crippen molar-refractivity contribution in [1.82, 2.24) is 5.32 Å². The molecule has 0 aliphatic heterocycles. The van der Waals surface area contributed by atoms with Gasteiger partial charge in [0.05, 0.1) is 0 Å². The average molecular weight is 376 g/mol. The summed E-state index contributed by atoms with van der Waals surface area (Å²) >= 11 is 0. The molecule has 148 valence electrons. The number of amides is 1. The van der Waals surface area contributed by atoms with Gasteiger partial charge in [0.1, 0.15) is 0 Å². The lowest BCUT2D eigenvalue weighted by molar-refractivity contribution is -0.121. The zero-order chi connectivity index (χ0) is 19.9. The molecular weight excluding hydrogens is 342 g/mol. The quantitative estimate of drug-likeness (QED) is 0.376. The molecule has 0 bridgehead atoms. The Balaban J connectivity index is 1.60. The van der Waals surface area contributed by atoms with Crippen molar-refractivity contribution in [2.75, 3.05) is 0 Å². The Bertz CT molecular complexity index is 755. The van der Waals surface area contributed by atoms with Crippen molar-refractivity contribution < 1.29 is 4.79 Å². The maximum Gasteiger partial charge on any atom is 0.220 e. The van der Waals surface area contributed by atoms with Crippen LogP contribution in [-0.2, 0) is 17.8 Å². The molecule has 0 atom stereocenters. The first kappa shape index (κ1) is 21.8. The van der Waals surface area contributed by atoms with Crippen molar-refractivity contribution in [3.63, 3.8) is 0 Å². The van der Waals surface area contributed by atoms with Crippen molar-refractivity contribution in [2.45, 2.75) is 71.3 Å². The van der Waals surface area contributed by atoms with E-state index in [0.29, 0.717) is 13.0 Å². The van der Waals surface area contributed by atoms with Crippen LogP contribution in [0.5, 0.6) is 0 Å². The van der Waals surface area contributed by atoms with Crippen LogP contribution in [0.4, 0.5) is 0 Å². The minimum Gasteiger partial charge on any atom is -0.352 e. The van der Waals surface area contributed by atoms with Crippen LogP contribution in [0.25, 0.3) is 0 Å². The number of carbonyl (C=O) groups is 1. The van der Waals surface area contributed by atoms with E-state index < -0.39 is 0 Å². The van der Waals surface area contributed by atoms with Gasteiger partial charge < -0.3 is 5.32 Å². The maximum atomic E-state index is 12.1. The van der Waals surface area contributed by atoms with Crippen molar-refractivity contribution in [3.05, 3.63) is 71.3 Å². The van der Waals surface area contributed by atoms with E-state index in [4.69, 9.17) is 0 Å². The molecule has 1 N–H and O–H groups in total. The van der Waals surface area contributed by atoms with Gasteiger partial charge in [-0.25, -0.2) is 0 Å². The van der Waals surface area contributed by atoms with E-state index in [0.717, 1.165) is 31.2 Å². The van der Waals surface area contributed by atoms with Crippen molar-refractivity contribution in [2.24, 2.45) is 0 Å². The van der Waals surface area contributed by atoms with E-state index in [9.17, 15) is 4.79 Å². The van der Waals surface area contributed by atoms with E-state index in [2.05, 4.69) is 48.3 Å². The summed E-state index contributed by atoms with van der Waals surface area (Å²) in [5.41, 5.74) is 3.61. The molecule has 0 aromatic heterocycles. The molecule has 0 spiro atoms. The van der Waals surface area contributed by atoms with Gasteiger partial charge in [0.15, 0.2) is 0 Å². The van der Waals surface area contributed by atoms with E-state index >= 15 is 0 Å². The van der Waals surface area contributed by atoms with Gasteiger partial charge >= 0.3 is 0 Å². The summed E-state index contributed by atoms with van der Waals surface area (Å²) in [4.78, 5) is 12.1. The zero-order valence-corrected chi connectivity index (χ0v) is 17.2. The van der Waals surface area contributed by atoms with E-state index in [1.807, 2.05) is 30.3 Å². The number of rotatable bonds is 11. The Morgan fingerprint density at radius 3 is 2.54 bits per heavy atom. The third-order valence-electron chi connectivity index (χ3n) is 4.76. The summed E-state index contributed by atoms with van der Waals surface area (Å²) in [6, 6.07) is 18.6. The number of hydrogen-bond donors (Lipinski definition) is 1. The lowest BCUT2D eigenvalue weighted by atomic mass is 10.0. The highest BCUT2D eigenvalue weighted by molar-refractivity contribution is 5.75. The van der Waals surface area contributed by atoms with Gasteiger partial charge in [0, 0.05) is 24.9 Å². The molecule has 0 saturated heterocycles. The lowest BCUT2D eigenvalue weighted by Crippen LogP contribution is -2.22. The number of unbranched alkanes of at least 4 members (excludes halogenated alkanes) is 5. The van der Waals surface area contributed by atoms with E-state index in [-0.39, 0.29) is 5.91 Å². The number of nitrogens with one attached hydrogen (secondary N) is 1. The van der Waals surface area contributed by atoms with Gasteiger partial charge in [0.2, 0.25) is 5.91 Å². The minimum atomic E-state index is 0.129. The third kappa shape index (κ3) is 9.42. The summed E-state index contributed by atoms with van der Waals surface area (Å²) < 4.78 is 0. The lowest BCUT2D eigenvalue weighted by Gasteiger charge is -2.07. The minimum absolute atomic E-state index is 0.129. The van der Waals surface area contributed by atoms with Crippen LogP contribution >= 0.6 is 0 Å². The third-order valence-corrected chi connectivity index (χ3v) is 4.76. The Morgan fingerprint density at radius 1 is 0.893 bits per heavy atom. The first-order chi connectivity index (χ1) is 13.8. The fourth-order valence-electron chi connectivity index (χ4n) is 3.13. The monoisotopic (exact) mass is 375 g/mol. The highest BCUT2D eigenvalue weighted by Crippen LogP contribution is 2.10. The van der Waals surface area contributed by atoms with Gasteiger partial charge in [-0.1, -0.05) is 80.5 Å². The zero-order valence-electron chi connectivity index (χ0n) is 17.2. The predicted molar refractivity (Wildman–Crippen MR) is 118 cm³/mol. The molecule has 28 heavy (non-hydrogen) atoms. The summed E-state index contributed by atoms with van der Waals surface area (Å²) in [5.74, 6) is 6.47. The predicted octanol–water partition coefficient (Wildman–Crippen LogP) is 6.04. The molecule has 2 heteroatoms. The number of aryl methyl sites for hydroxylation is 1. The highest BCUT2D eigenvalue weighted by Gasteiger charge is 2.02. The van der Waals surface area contributed by atoms with Crippen LogP contribution < -0.4 is 5.32 Å². The molecule has 2 rings (SSSR count). The molecule has 0 fully saturated rings. The molecule has 1 amide bonds. The highest BCUT2D eigenvalue weighted by atomic mass is 16.1. The standard InChI is InChI=1S/C26H33NO/c1-2-3-4-8-17-24-18-13-19-25(21-24)22-27-26(28)20-12-6-5-9-14-23-15-10-7-11-16-23/h7,10-11,13,15-16,18-19,21H,2-6,8,12,17,20,22H2,1H3,(H,27,28). The first-order valence-electron chi connectivity index (χ1n) is 10.7. The number of benzene rings is 2. The fourth-order valence-corrected chi connectivity index (χ4v) is 3.13. The second-order valence-electron chi connectivity index (χ2n) is 7.28. The second kappa shape index (κ2) is 13.6. The Morgan fingerprint density at radius 2 is 1.71 bits per heavy atom. The smallest absolute Gasteiger partial charge is 0.220 e. The van der Waals surface area contributed by atoms with Crippen LogP contribution in [-0.4, -0.2) is 5.91 Å². The SMILES string of the molecule is CCCCCCc1cccc(CNC(=O)CCCCC#Cc2ccccc2)c1. The van der Waals surface area contributed by atoms with Crippen LogP contribution in [0.15, 0.2) is 54.6 Å². The molecule has 2 nitrogen and oxygen atoms in total. The van der Waals surface area contributed by atoms with Crippen molar-refractivity contribution in [3.8, 4) is 11.8 Å². The van der Waals surface area contributed by atoms with Gasteiger partial charge in [-0.3, -0.25) is 4.79 Å². The largest absolute Gasteiger partial charge is 0.352 e. The van der Waals surface area contributed by atoms with Crippen molar-refractivity contribution >= 4 is 5.91 Å². The summed E-state index contributed by atoms with van der Waals surface area (Å²) in [6.07, 6.45) is 9.51. The van der Waals surface area contributed by atoms with Crippen LogP contribution in [0, 0.1) is 11.8 Å². The topological polar surface area (TPSA) is 29.1 Å². The van der Waals surface area contributed by atoms with Crippen LogP contribution in [0.3, 0.4) is 0 Å². The van der Waals surface area contributed by atoms with Gasteiger partial charge in [0.25, 0.3) is 0 Å². The Labute approximate surface area is 170 Å². The number of hydrogen-bond acceptors (Lipinski definition) is 1. The molecule has 2 aromatic carbocycles. The summed E-state index contributed by atoms with van der Waals surface area (Å²) in [6.45, 7) is 2.86. The van der Waals surface area contributed by atoms with E-state index in [1.165, 1.54) is 36.8 Å². The van der Waals surface area contributed by atoms with E-state index in [1.54, 1.807) is 0 Å². The van der Waals surface area contributed by atoms with Crippen LogP contribution in [0.1, 0.15) is 75.0 Å². The number of carbonyl (C=O) groups excluding carboxylic acids is 1. The summed E-state index contributed by atoms with van der Waals surface area (Å²) in [7, 11) is 0.